The Hall–Kier alpha value is -1.98. The predicted octanol–water partition coefficient (Wildman–Crippen LogP) is 1.76. The summed E-state index contributed by atoms with van der Waals surface area (Å²) in [5, 5.41) is 12.9. The van der Waals surface area contributed by atoms with Gasteiger partial charge in [0.25, 0.3) is 0 Å². The molecule has 1 fully saturated rings. The van der Waals surface area contributed by atoms with Crippen LogP contribution < -0.4 is 44.1 Å². The van der Waals surface area contributed by atoms with Crippen LogP contribution >= 0.6 is 0 Å². The van der Waals surface area contributed by atoms with E-state index in [-0.39, 0.29) is 35.3 Å². The van der Waals surface area contributed by atoms with Gasteiger partial charge >= 0.3 is 29.6 Å². The molecule has 0 aliphatic carbocycles. The van der Waals surface area contributed by atoms with Crippen molar-refractivity contribution >= 4 is 0 Å². The van der Waals surface area contributed by atoms with Gasteiger partial charge in [0.2, 0.25) is 0 Å². The maximum atomic E-state index is 12.9. The predicted molar refractivity (Wildman–Crippen MR) is 118 cm³/mol. The van der Waals surface area contributed by atoms with E-state index in [2.05, 4.69) is 0 Å². The summed E-state index contributed by atoms with van der Waals surface area (Å²) in [5.41, 5.74) is 3.57. The van der Waals surface area contributed by atoms with Crippen LogP contribution in [-0.2, 0) is 17.6 Å². The minimum atomic E-state index is 0. The topological polar surface area (TPSA) is 50.8 Å². The zero-order valence-corrected chi connectivity index (χ0v) is 20.7. The summed E-state index contributed by atoms with van der Waals surface area (Å²) < 4.78 is 15.7. The molecule has 1 aliphatic rings. The van der Waals surface area contributed by atoms with Gasteiger partial charge < -0.3 is 19.3 Å². The van der Waals surface area contributed by atoms with Gasteiger partial charge in [0.1, 0.15) is 11.5 Å². The van der Waals surface area contributed by atoms with Gasteiger partial charge in [-0.15, -0.1) is 5.75 Å². The third-order valence-electron chi connectivity index (χ3n) is 5.15. The van der Waals surface area contributed by atoms with Crippen molar-refractivity contribution in [2.24, 2.45) is 0 Å². The van der Waals surface area contributed by atoms with Crippen LogP contribution in [0.2, 0.25) is 0 Å². The Labute approximate surface area is 207 Å². The summed E-state index contributed by atoms with van der Waals surface area (Å²) in [4.78, 5) is 0. The van der Waals surface area contributed by atoms with E-state index in [0.29, 0.717) is 12.8 Å². The normalized spacial score (nSPS) is 12.3. The van der Waals surface area contributed by atoms with Gasteiger partial charge in [-0.2, -0.15) is 0 Å². The summed E-state index contributed by atoms with van der Waals surface area (Å²) in [6, 6.07) is 21.3. The van der Waals surface area contributed by atoms with Crippen LogP contribution in [0.1, 0.15) is 35.1 Å². The van der Waals surface area contributed by atoms with Gasteiger partial charge in [-0.1, -0.05) is 65.7 Å². The Morgan fingerprint density at radius 3 is 1.48 bits per heavy atom. The van der Waals surface area contributed by atoms with Crippen LogP contribution in [0.15, 0.2) is 66.7 Å². The molecule has 4 rings (SSSR count). The van der Waals surface area contributed by atoms with Gasteiger partial charge in [0.15, 0.2) is 0 Å². The molecule has 5 heteroatoms. The molecule has 0 unspecified atom stereocenters. The molecule has 1 heterocycles. The summed E-state index contributed by atoms with van der Waals surface area (Å²) in [7, 11) is 3.30. The number of rotatable bonds is 6. The number of methoxy groups -OCH3 is 2. The van der Waals surface area contributed by atoms with Crippen molar-refractivity contribution in [1.82, 2.24) is 0 Å². The number of hydrogen-bond donors (Lipinski definition) is 0. The van der Waals surface area contributed by atoms with E-state index in [9.17, 15) is 5.11 Å². The summed E-state index contributed by atoms with van der Waals surface area (Å²) in [6.45, 7) is 2.00. The molecule has 0 amide bonds. The van der Waals surface area contributed by atoms with Crippen molar-refractivity contribution in [2.45, 2.75) is 25.7 Å². The second-order valence-electron chi connectivity index (χ2n) is 7.20. The Morgan fingerprint density at radius 2 is 1.10 bits per heavy atom. The Bertz CT molecular complexity index is 863. The van der Waals surface area contributed by atoms with E-state index < -0.39 is 0 Å². The maximum absolute atomic E-state index is 12.9. The molecule has 0 spiro atoms. The summed E-state index contributed by atoms with van der Waals surface area (Å²) in [5.74, 6) is 1.69. The molecule has 1 aliphatic heterocycles. The van der Waals surface area contributed by atoms with Crippen molar-refractivity contribution in [3.63, 3.8) is 0 Å². The van der Waals surface area contributed by atoms with Crippen LogP contribution in [0.4, 0.5) is 0 Å². The third-order valence-corrected chi connectivity index (χ3v) is 5.15. The van der Waals surface area contributed by atoms with Crippen LogP contribution in [0, 0.1) is 0 Å². The van der Waals surface area contributed by atoms with Crippen molar-refractivity contribution in [1.29, 1.82) is 0 Å². The molecular formula is C26H29NaO4. The first-order chi connectivity index (χ1) is 14.7. The first-order valence-corrected chi connectivity index (χ1v) is 10.3. The molecule has 0 bridgehead atoms. The average molecular weight is 429 g/mol. The Morgan fingerprint density at radius 1 is 0.677 bits per heavy atom. The molecule has 31 heavy (non-hydrogen) atoms. The van der Waals surface area contributed by atoms with Gasteiger partial charge in [0.05, 0.1) is 14.2 Å². The molecule has 4 nitrogen and oxygen atoms in total. The van der Waals surface area contributed by atoms with Crippen molar-refractivity contribution in [3.8, 4) is 17.2 Å². The first-order valence-electron chi connectivity index (χ1n) is 10.3. The van der Waals surface area contributed by atoms with E-state index in [1.807, 2.05) is 66.7 Å². The first kappa shape index (κ1) is 25.3. The number of ether oxygens (including phenoxy) is 3. The largest absolute Gasteiger partial charge is 1.00 e. The van der Waals surface area contributed by atoms with Crippen molar-refractivity contribution < 1.29 is 48.9 Å². The molecule has 0 saturated carbocycles. The van der Waals surface area contributed by atoms with E-state index in [4.69, 9.17) is 14.2 Å². The standard InChI is InChI=1S/C22H22O3.C4H8O.Na/c1-24-20-12-5-3-8-16(20)14-18-10-7-11-19(22(18)23)15-17-9-4-6-13-21(17)25-2;1-2-4-5-3-1;/h3-13,23H,14-15H2,1-2H3;1-4H2;/q;;+1/p-1. The SMILES string of the molecule is C1CCOC1.COc1ccccc1Cc1cccc(Cc2ccccc2OC)c1[O-].[Na+]. The number of hydrogen-bond acceptors (Lipinski definition) is 4. The fraction of sp³-hybridized carbons (Fsp3) is 0.308. The second-order valence-corrected chi connectivity index (χ2v) is 7.20. The van der Waals surface area contributed by atoms with Gasteiger partial charge in [-0.25, -0.2) is 0 Å². The number of para-hydroxylation sites is 3. The minimum absolute atomic E-state index is 0. The van der Waals surface area contributed by atoms with Crippen LogP contribution in [0.5, 0.6) is 17.2 Å². The summed E-state index contributed by atoms with van der Waals surface area (Å²) >= 11 is 0. The molecule has 3 aromatic rings. The second kappa shape index (κ2) is 13.4. The zero-order valence-electron chi connectivity index (χ0n) is 18.7. The molecule has 0 radical (unpaired) electrons. The van der Waals surface area contributed by atoms with Gasteiger partial charge in [0, 0.05) is 26.1 Å². The molecule has 3 aromatic carbocycles. The van der Waals surface area contributed by atoms with Crippen LogP contribution in [0.3, 0.4) is 0 Å². The van der Waals surface area contributed by atoms with Gasteiger partial charge in [-0.05, 0) is 36.1 Å². The van der Waals surface area contributed by atoms with E-state index in [1.165, 1.54) is 12.8 Å². The zero-order chi connectivity index (χ0) is 21.2. The average Bonchev–Trinajstić information content (AvgIpc) is 3.37. The van der Waals surface area contributed by atoms with Crippen molar-refractivity contribution in [3.05, 3.63) is 89.0 Å². The van der Waals surface area contributed by atoms with Crippen molar-refractivity contribution in [2.75, 3.05) is 27.4 Å². The minimum Gasteiger partial charge on any atom is -0.872 e. The molecule has 0 aromatic heterocycles. The fourth-order valence-corrected chi connectivity index (χ4v) is 3.54. The Balaban J connectivity index is 0.000000501. The molecule has 0 atom stereocenters. The van der Waals surface area contributed by atoms with E-state index in [1.54, 1.807) is 14.2 Å². The molecule has 0 N–H and O–H groups in total. The number of benzene rings is 3. The van der Waals surface area contributed by atoms with Gasteiger partial charge in [-0.3, -0.25) is 0 Å². The summed E-state index contributed by atoms with van der Waals surface area (Å²) in [6.07, 6.45) is 3.67. The smallest absolute Gasteiger partial charge is 0.872 e. The Kier molecular flexibility index (Phi) is 11.0. The third kappa shape index (κ3) is 7.29. The van der Waals surface area contributed by atoms with E-state index in [0.717, 1.165) is 47.0 Å². The maximum Gasteiger partial charge on any atom is 1.00 e. The molecular weight excluding hydrogens is 399 g/mol. The monoisotopic (exact) mass is 428 g/mol. The molecule has 158 valence electrons. The van der Waals surface area contributed by atoms with Crippen LogP contribution in [-0.4, -0.2) is 27.4 Å². The van der Waals surface area contributed by atoms with Crippen LogP contribution in [0.25, 0.3) is 0 Å². The fourth-order valence-electron chi connectivity index (χ4n) is 3.54. The van der Waals surface area contributed by atoms with E-state index >= 15 is 0 Å². The molecule has 1 saturated heterocycles. The quantitative estimate of drug-likeness (QED) is 0.562.